The number of carbonyl (C=O) groups excluding carboxylic acids is 5. The zero-order chi connectivity index (χ0) is 44.1. The van der Waals surface area contributed by atoms with E-state index in [1.54, 1.807) is 4.90 Å². The van der Waals surface area contributed by atoms with Crippen molar-refractivity contribution in [1.29, 1.82) is 0 Å². The number of likely N-dealkylation sites (tertiary alicyclic amines) is 1. The number of hydrogen-bond acceptors (Lipinski definition) is 11. The minimum absolute atomic E-state index is 0.0471. The molecule has 0 bridgehead atoms. The number of amides is 4. The fourth-order valence-corrected chi connectivity index (χ4v) is 6.72. The highest BCUT2D eigenvalue weighted by Gasteiger charge is 2.31. The van der Waals surface area contributed by atoms with Gasteiger partial charge in [0.05, 0.1) is 46.1 Å². The zero-order valence-corrected chi connectivity index (χ0v) is 36.3. The monoisotopic (exact) mass is 857 g/mol. The molecular weight excluding hydrogens is 780 g/mol. The Labute approximate surface area is 357 Å². The molecule has 0 aromatic rings. The Bertz CT molecular complexity index is 1210. The first-order valence-electron chi connectivity index (χ1n) is 22.4. The average Bonchev–Trinajstić information content (AvgIpc) is 3.21. The summed E-state index contributed by atoms with van der Waals surface area (Å²) in [6.07, 6.45) is 19.7. The number of ketones is 1. The molecular formula is C43H76N4O13. The van der Waals surface area contributed by atoms with Crippen LogP contribution in [0.2, 0.25) is 0 Å². The first-order valence-corrected chi connectivity index (χ1v) is 22.4. The first-order chi connectivity index (χ1) is 29.0. The molecule has 0 aromatic heterocycles. The number of unbranched alkanes of at least 4 members (excludes halogenated alkanes) is 15. The molecule has 1 rings (SSSR count). The molecule has 1 heterocycles. The van der Waals surface area contributed by atoms with Crippen LogP contribution in [0, 0.1) is 5.92 Å². The number of nitrogens with zero attached hydrogens (tertiary/aromatic N) is 1. The van der Waals surface area contributed by atoms with Gasteiger partial charge in [0.2, 0.25) is 23.6 Å². The summed E-state index contributed by atoms with van der Waals surface area (Å²) in [7, 11) is 0. The second-order valence-corrected chi connectivity index (χ2v) is 15.5. The summed E-state index contributed by atoms with van der Waals surface area (Å²) in [6.45, 7) is 4.00. The molecule has 1 saturated heterocycles. The second kappa shape index (κ2) is 37.1. The third-order valence-electron chi connectivity index (χ3n) is 10.2. The molecule has 0 aromatic carbocycles. The van der Waals surface area contributed by atoms with Crippen LogP contribution in [0.5, 0.6) is 0 Å². The van der Waals surface area contributed by atoms with Gasteiger partial charge < -0.3 is 50.0 Å². The van der Waals surface area contributed by atoms with Crippen LogP contribution in [0.1, 0.15) is 142 Å². The molecule has 5 N–H and O–H groups in total. The van der Waals surface area contributed by atoms with Gasteiger partial charge in [-0.1, -0.05) is 89.9 Å². The van der Waals surface area contributed by atoms with Crippen molar-refractivity contribution in [2.75, 3.05) is 79.0 Å². The maximum Gasteiger partial charge on any atom is 0.326 e. The number of nitrogens with one attached hydrogen (secondary N) is 3. The minimum Gasteiger partial charge on any atom is -0.481 e. The molecule has 1 aliphatic heterocycles. The second-order valence-electron chi connectivity index (χ2n) is 15.5. The van der Waals surface area contributed by atoms with Crippen LogP contribution in [0.4, 0.5) is 0 Å². The van der Waals surface area contributed by atoms with Gasteiger partial charge in [0.15, 0.2) is 5.78 Å². The molecule has 1 aliphatic rings. The largest absolute Gasteiger partial charge is 0.481 e. The Kier molecular flexibility index (Phi) is 33.6. The van der Waals surface area contributed by atoms with Crippen LogP contribution in [0.15, 0.2) is 0 Å². The van der Waals surface area contributed by atoms with Crippen molar-refractivity contribution < 1.29 is 62.7 Å². The average molecular weight is 857 g/mol. The third-order valence-corrected chi connectivity index (χ3v) is 10.2. The lowest BCUT2D eigenvalue weighted by Gasteiger charge is -2.32. The van der Waals surface area contributed by atoms with Crippen molar-refractivity contribution >= 4 is 41.4 Å². The molecule has 0 saturated carbocycles. The van der Waals surface area contributed by atoms with Crippen molar-refractivity contribution in [2.24, 2.45) is 5.92 Å². The number of rotatable bonds is 40. The van der Waals surface area contributed by atoms with Crippen molar-refractivity contribution in [3.63, 3.8) is 0 Å². The van der Waals surface area contributed by atoms with E-state index in [-0.39, 0.29) is 63.6 Å². The summed E-state index contributed by atoms with van der Waals surface area (Å²) in [5.41, 5.74) is 0. The summed E-state index contributed by atoms with van der Waals surface area (Å²) in [4.78, 5) is 84.7. The highest BCUT2D eigenvalue weighted by atomic mass is 16.5. The molecule has 346 valence electrons. The lowest BCUT2D eigenvalue weighted by molar-refractivity contribution is -0.144. The van der Waals surface area contributed by atoms with Gasteiger partial charge in [0, 0.05) is 44.9 Å². The molecule has 17 nitrogen and oxygen atoms in total. The zero-order valence-electron chi connectivity index (χ0n) is 36.3. The first kappa shape index (κ1) is 54.3. The predicted molar refractivity (Wildman–Crippen MR) is 224 cm³/mol. The summed E-state index contributed by atoms with van der Waals surface area (Å²) in [5, 5.41) is 26.0. The van der Waals surface area contributed by atoms with E-state index in [0.29, 0.717) is 58.7 Å². The van der Waals surface area contributed by atoms with Gasteiger partial charge >= 0.3 is 11.9 Å². The fourth-order valence-electron chi connectivity index (χ4n) is 6.72. The van der Waals surface area contributed by atoms with E-state index in [0.717, 1.165) is 38.5 Å². The van der Waals surface area contributed by atoms with Crippen LogP contribution in [-0.4, -0.2) is 142 Å². The van der Waals surface area contributed by atoms with Crippen LogP contribution in [-0.2, 0) is 52.5 Å². The number of carboxylic acids is 2. The Morgan fingerprint density at radius 2 is 1.00 bits per heavy atom. The van der Waals surface area contributed by atoms with Gasteiger partial charge in [0.1, 0.15) is 19.3 Å². The van der Waals surface area contributed by atoms with Gasteiger partial charge in [-0.05, 0) is 32.6 Å². The minimum atomic E-state index is -1.38. The lowest BCUT2D eigenvalue weighted by Crippen LogP contribution is -2.49. The molecule has 0 spiro atoms. The lowest BCUT2D eigenvalue weighted by atomic mass is 9.95. The van der Waals surface area contributed by atoms with Crippen molar-refractivity contribution in [1.82, 2.24) is 20.9 Å². The highest BCUT2D eigenvalue weighted by Crippen LogP contribution is 2.20. The van der Waals surface area contributed by atoms with Gasteiger partial charge in [-0.3, -0.25) is 28.8 Å². The topological polar surface area (TPSA) is 236 Å². The quantitative estimate of drug-likeness (QED) is 0.0545. The van der Waals surface area contributed by atoms with E-state index < -0.39 is 42.1 Å². The Morgan fingerprint density at radius 1 is 0.567 bits per heavy atom. The molecule has 1 atom stereocenters. The number of carboxylic acid groups (broad SMARTS) is 2. The molecule has 60 heavy (non-hydrogen) atoms. The number of hydrogen-bond donors (Lipinski definition) is 5. The van der Waals surface area contributed by atoms with E-state index in [9.17, 15) is 38.7 Å². The Balaban J connectivity index is 2.03. The third kappa shape index (κ3) is 32.1. The number of piperidine rings is 1. The summed E-state index contributed by atoms with van der Waals surface area (Å²) < 4.78 is 21.0. The molecule has 17 heteroatoms. The van der Waals surface area contributed by atoms with Crippen molar-refractivity contribution in [2.45, 2.75) is 148 Å². The SMILES string of the molecule is CC(=O)COCCOCCNC(=O)COCCOCCNC(=O)C[C@@H](NC(=O)C1CCN(C(=O)CCCCCCCCCCCCCCCCCCC(=O)O)CC1)C(=O)O. The summed E-state index contributed by atoms with van der Waals surface area (Å²) in [5.74, 6) is -3.71. The Hall–Kier alpha value is -3.67. The van der Waals surface area contributed by atoms with Crippen LogP contribution in [0.25, 0.3) is 0 Å². The van der Waals surface area contributed by atoms with Crippen molar-refractivity contribution in [3.8, 4) is 0 Å². The maximum absolute atomic E-state index is 12.9. The molecule has 0 radical (unpaired) electrons. The molecule has 0 unspecified atom stereocenters. The predicted octanol–water partition coefficient (Wildman–Crippen LogP) is 4.18. The van der Waals surface area contributed by atoms with Crippen LogP contribution < -0.4 is 16.0 Å². The van der Waals surface area contributed by atoms with Gasteiger partial charge in [-0.2, -0.15) is 0 Å². The highest BCUT2D eigenvalue weighted by molar-refractivity contribution is 5.89. The summed E-state index contributed by atoms with van der Waals surface area (Å²) in [6, 6.07) is -1.38. The molecule has 4 amide bonds. The van der Waals surface area contributed by atoms with Crippen LogP contribution in [0.3, 0.4) is 0 Å². The smallest absolute Gasteiger partial charge is 0.326 e. The number of ether oxygens (including phenoxy) is 4. The van der Waals surface area contributed by atoms with E-state index in [2.05, 4.69) is 16.0 Å². The number of Topliss-reactive ketones (excluding diaryl/α,β-unsaturated/α-hetero) is 1. The standard InChI is InChI=1S/C43H76N4O13/c1-35(48)33-59-30-28-58-27-23-45-39(50)34-60-31-29-57-26-22-44-38(49)32-37(43(55)56)46-42(54)36-20-24-47(25-21-36)40(51)18-16-14-12-10-8-6-4-2-3-5-7-9-11-13-15-17-19-41(52)53/h36-37H,2-34H2,1H3,(H,44,49)(H,45,50)(H,46,54)(H,52,53)(H,55,56)/t37-/m1/s1. The number of aliphatic carboxylic acids is 2. The van der Waals surface area contributed by atoms with Gasteiger partial charge in [-0.25, -0.2) is 4.79 Å². The molecule has 0 aliphatic carbocycles. The fraction of sp³-hybridized carbons (Fsp3) is 0.837. The summed E-state index contributed by atoms with van der Waals surface area (Å²) >= 11 is 0. The maximum atomic E-state index is 12.9. The van der Waals surface area contributed by atoms with Gasteiger partial charge in [-0.15, -0.1) is 0 Å². The van der Waals surface area contributed by atoms with E-state index in [4.69, 9.17) is 24.1 Å². The van der Waals surface area contributed by atoms with E-state index >= 15 is 0 Å². The van der Waals surface area contributed by atoms with Crippen molar-refractivity contribution in [3.05, 3.63) is 0 Å². The van der Waals surface area contributed by atoms with Crippen LogP contribution >= 0.6 is 0 Å². The van der Waals surface area contributed by atoms with Gasteiger partial charge in [0.25, 0.3) is 0 Å². The number of carbonyl (C=O) groups is 7. The normalized spacial score (nSPS) is 13.4. The Morgan fingerprint density at radius 3 is 1.47 bits per heavy atom. The van der Waals surface area contributed by atoms with E-state index in [1.165, 1.54) is 71.1 Å². The molecule has 1 fully saturated rings. The van der Waals surface area contributed by atoms with E-state index in [1.807, 2.05) is 0 Å².